The van der Waals surface area contributed by atoms with Crippen LogP contribution in [0.25, 0.3) is 11.1 Å². The third-order valence-electron chi connectivity index (χ3n) is 6.24. The van der Waals surface area contributed by atoms with Gasteiger partial charge in [-0.2, -0.15) is 0 Å². The molecule has 0 fully saturated rings. The number of rotatable bonds is 8. The fourth-order valence-electron chi connectivity index (χ4n) is 4.68. The fraction of sp³-hybridized carbons (Fsp3) is 0.321. The molecule has 2 N–H and O–H groups in total. The second-order valence-electron chi connectivity index (χ2n) is 8.41. The number of benzene rings is 3. The first-order valence-electron chi connectivity index (χ1n) is 11.6. The molecule has 4 heteroatoms. The van der Waals surface area contributed by atoms with E-state index in [1.165, 1.54) is 18.1 Å². The Hall–Kier alpha value is -3.11. The van der Waals surface area contributed by atoms with Crippen molar-refractivity contribution in [3.05, 3.63) is 77.9 Å². The summed E-state index contributed by atoms with van der Waals surface area (Å²) in [5, 5.41) is 6.55. The van der Waals surface area contributed by atoms with Gasteiger partial charge in [-0.05, 0) is 49.6 Å². The van der Waals surface area contributed by atoms with Gasteiger partial charge >= 0.3 is 0 Å². The highest BCUT2D eigenvalue weighted by molar-refractivity contribution is 5.94. The maximum Gasteiger partial charge on any atom is 0.221 e. The fourth-order valence-corrected chi connectivity index (χ4v) is 4.68. The molecule has 0 aliphatic carbocycles. The zero-order chi connectivity index (χ0) is 22.5. The van der Waals surface area contributed by atoms with Gasteiger partial charge < -0.3 is 15.4 Å². The van der Waals surface area contributed by atoms with Crippen LogP contribution in [-0.4, -0.2) is 18.5 Å². The van der Waals surface area contributed by atoms with Gasteiger partial charge in [0.15, 0.2) is 0 Å². The van der Waals surface area contributed by atoms with Gasteiger partial charge in [0.2, 0.25) is 5.91 Å². The lowest BCUT2D eigenvalue weighted by Crippen LogP contribution is -2.28. The van der Waals surface area contributed by atoms with Crippen LogP contribution in [0, 0.1) is 0 Å². The Morgan fingerprint density at radius 3 is 2.50 bits per heavy atom. The molecule has 2 unspecified atom stereocenters. The molecule has 4 nitrogen and oxygen atoms in total. The summed E-state index contributed by atoms with van der Waals surface area (Å²) in [7, 11) is 0. The van der Waals surface area contributed by atoms with E-state index in [4.69, 9.17) is 4.74 Å². The van der Waals surface area contributed by atoms with Crippen molar-refractivity contribution in [1.82, 2.24) is 5.32 Å². The van der Waals surface area contributed by atoms with E-state index in [0.717, 1.165) is 54.1 Å². The van der Waals surface area contributed by atoms with Crippen LogP contribution < -0.4 is 15.4 Å². The van der Waals surface area contributed by atoms with Crippen molar-refractivity contribution in [2.75, 3.05) is 11.9 Å². The molecule has 3 aromatic rings. The Kier molecular flexibility index (Phi) is 6.91. The van der Waals surface area contributed by atoms with Crippen molar-refractivity contribution in [1.29, 1.82) is 0 Å². The summed E-state index contributed by atoms with van der Waals surface area (Å²) in [4.78, 5) is 11.7. The van der Waals surface area contributed by atoms with Gasteiger partial charge in [0, 0.05) is 41.3 Å². The van der Waals surface area contributed by atoms with Crippen molar-refractivity contribution in [3.63, 3.8) is 0 Å². The minimum Gasteiger partial charge on any atom is -0.457 e. The highest BCUT2D eigenvalue weighted by Crippen LogP contribution is 2.47. The first-order valence-corrected chi connectivity index (χ1v) is 11.6. The first-order chi connectivity index (χ1) is 15.6. The minimum atomic E-state index is -0.0770. The summed E-state index contributed by atoms with van der Waals surface area (Å²) >= 11 is 0. The maximum absolute atomic E-state index is 11.7. The molecular weight excluding hydrogens is 396 g/mol. The maximum atomic E-state index is 11.7. The zero-order valence-corrected chi connectivity index (χ0v) is 19.2. The number of nitrogens with one attached hydrogen (secondary N) is 2. The summed E-state index contributed by atoms with van der Waals surface area (Å²) in [6, 6.07) is 23.3. The smallest absolute Gasteiger partial charge is 0.221 e. The largest absolute Gasteiger partial charge is 0.457 e. The number of hydrogen-bond donors (Lipinski definition) is 2. The number of ether oxygens (including phenoxy) is 1. The number of hydrogen-bond acceptors (Lipinski definition) is 3. The molecule has 166 valence electrons. The molecule has 0 saturated carbocycles. The van der Waals surface area contributed by atoms with Crippen molar-refractivity contribution < 1.29 is 9.53 Å². The molecule has 2 atom stereocenters. The highest BCUT2D eigenvalue weighted by Gasteiger charge is 2.28. The standard InChI is InChI=1S/C28H32N2O2/c1-4-21(29-5-2)15-17-23-24-11-7-9-13-27(24)32-28-18-20(14-16-25(23)28)22-10-6-8-12-26(22)30-19(3)31/h6-14,16,18,21,23,29H,4-5,15,17H2,1-3H3,(H,30,31). The predicted molar refractivity (Wildman–Crippen MR) is 132 cm³/mol. The molecular formula is C28H32N2O2. The van der Waals surface area contributed by atoms with Crippen LogP contribution in [0.3, 0.4) is 0 Å². The molecule has 0 bridgehead atoms. The van der Waals surface area contributed by atoms with E-state index in [0.29, 0.717) is 12.0 Å². The average molecular weight is 429 g/mol. The molecule has 0 radical (unpaired) electrons. The van der Waals surface area contributed by atoms with Crippen LogP contribution in [0.1, 0.15) is 57.1 Å². The van der Waals surface area contributed by atoms with Gasteiger partial charge in [-0.15, -0.1) is 0 Å². The van der Waals surface area contributed by atoms with E-state index < -0.39 is 0 Å². The van der Waals surface area contributed by atoms with Crippen LogP contribution in [0.2, 0.25) is 0 Å². The summed E-state index contributed by atoms with van der Waals surface area (Å²) in [6.07, 6.45) is 3.32. The average Bonchev–Trinajstić information content (AvgIpc) is 2.80. The van der Waals surface area contributed by atoms with Gasteiger partial charge in [0.1, 0.15) is 11.5 Å². The number of anilines is 1. The van der Waals surface area contributed by atoms with Crippen LogP contribution in [0.4, 0.5) is 5.69 Å². The molecule has 1 aliphatic rings. The summed E-state index contributed by atoms with van der Waals surface area (Å²) in [6.45, 7) is 6.95. The second-order valence-corrected chi connectivity index (χ2v) is 8.41. The first kappa shape index (κ1) is 22.1. The molecule has 0 spiro atoms. The van der Waals surface area contributed by atoms with Gasteiger partial charge in [0.05, 0.1) is 0 Å². The Bertz CT molecular complexity index is 1090. The second kappa shape index (κ2) is 10.0. The minimum absolute atomic E-state index is 0.0770. The Balaban J connectivity index is 1.69. The number of fused-ring (bicyclic) bond motifs is 2. The summed E-state index contributed by atoms with van der Waals surface area (Å²) in [5.74, 6) is 2.07. The third-order valence-corrected chi connectivity index (χ3v) is 6.24. The van der Waals surface area contributed by atoms with Gasteiger partial charge in [-0.1, -0.05) is 62.4 Å². The van der Waals surface area contributed by atoms with Crippen molar-refractivity contribution in [2.45, 2.75) is 52.0 Å². The zero-order valence-electron chi connectivity index (χ0n) is 19.2. The summed E-state index contributed by atoms with van der Waals surface area (Å²) < 4.78 is 6.37. The van der Waals surface area contributed by atoms with Crippen molar-refractivity contribution in [2.24, 2.45) is 0 Å². The molecule has 4 rings (SSSR count). The van der Waals surface area contributed by atoms with Crippen LogP contribution in [-0.2, 0) is 4.79 Å². The molecule has 1 heterocycles. The highest BCUT2D eigenvalue weighted by atomic mass is 16.5. The molecule has 3 aromatic carbocycles. The van der Waals surface area contributed by atoms with Gasteiger partial charge in [0.25, 0.3) is 0 Å². The lowest BCUT2D eigenvalue weighted by Gasteiger charge is -2.30. The lowest BCUT2D eigenvalue weighted by atomic mass is 9.82. The number of carbonyl (C=O) groups is 1. The molecule has 32 heavy (non-hydrogen) atoms. The van der Waals surface area contributed by atoms with E-state index in [9.17, 15) is 4.79 Å². The molecule has 1 amide bonds. The predicted octanol–water partition coefficient (Wildman–Crippen LogP) is 6.72. The number of amides is 1. The summed E-state index contributed by atoms with van der Waals surface area (Å²) in [5.41, 5.74) is 5.32. The van der Waals surface area contributed by atoms with Crippen molar-refractivity contribution in [3.8, 4) is 22.6 Å². The quantitative estimate of drug-likeness (QED) is 0.419. The monoisotopic (exact) mass is 428 g/mol. The van der Waals surface area contributed by atoms with Crippen LogP contribution in [0.5, 0.6) is 11.5 Å². The molecule has 1 aliphatic heterocycles. The number of carbonyl (C=O) groups excluding carboxylic acids is 1. The normalized spacial score (nSPS) is 15.3. The Morgan fingerprint density at radius 2 is 1.72 bits per heavy atom. The SMILES string of the molecule is CCNC(CC)CCC1c2ccccc2Oc2cc(-c3ccccc3NC(C)=O)ccc21. The lowest BCUT2D eigenvalue weighted by molar-refractivity contribution is -0.114. The topological polar surface area (TPSA) is 50.4 Å². The molecule has 0 aromatic heterocycles. The van der Waals surface area contributed by atoms with E-state index in [1.54, 1.807) is 0 Å². The number of para-hydroxylation sites is 2. The van der Waals surface area contributed by atoms with Gasteiger partial charge in [-0.3, -0.25) is 4.79 Å². The van der Waals surface area contributed by atoms with Crippen LogP contribution in [0.15, 0.2) is 66.7 Å². The Morgan fingerprint density at radius 1 is 0.969 bits per heavy atom. The molecule has 0 saturated heterocycles. The third kappa shape index (κ3) is 4.71. The Labute approximate surface area is 191 Å². The van der Waals surface area contributed by atoms with E-state index in [1.807, 2.05) is 30.3 Å². The van der Waals surface area contributed by atoms with Crippen LogP contribution >= 0.6 is 0 Å². The van der Waals surface area contributed by atoms with E-state index in [2.05, 4.69) is 60.9 Å². The van der Waals surface area contributed by atoms with E-state index >= 15 is 0 Å². The van der Waals surface area contributed by atoms with Crippen molar-refractivity contribution >= 4 is 11.6 Å². The van der Waals surface area contributed by atoms with E-state index in [-0.39, 0.29) is 5.91 Å². The van der Waals surface area contributed by atoms with Gasteiger partial charge in [-0.25, -0.2) is 0 Å².